The second-order valence-corrected chi connectivity index (χ2v) is 3.24. The van der Waals surface area contributed by atoms with Gasteiger partial charge >= 0.3 is 0 Å². The summed E-state index contributed by atoms with van der Waals surface area (Å²) in [5, 5.41) is 1.18. The summed E-state index contributed by atoms with van der Waals surface area (Å²) in [6.07, 6.45) is 8.32. The quantitative estimate of drug-likeness (QED) is 0.520. The van der Waals surface area contributed by atoms with Crippen molar-refractivity contribution in [3.8, 4) is 0 Å². The van der Waals surface area contributed by atoms with Gasteiger partial charge in [0.05, 0.1) is 11.6 Å². The van der Waals surface area contributed by atoms with Crippen LogP contribution in [-0.4, -0.2) is 17.3 Å². The molecule has 1 aliphatic rings. The summed E-state index contributed by atoms with van der Waals surface area (Å²) in [6.45, 7) is 2.88. The van der Waals surface area contributed by atoms with Crippen molar-refractivity contribution in [1.29, 1.82) is 0 Å². The molecule has 0 aromatic heterocycles. The highest BCUT2D eigenvalue weighted by Gasteiger charge is 1.88. The van der Waals surface area contributed by atoms with Crippen LogP contribution in [0.5, 0.6) is 0 Å². The van der Waals surface area contributed by atoms with Gasteiger partial charge in [-0.25, -0.2) is 0 Å². The molecule has 0 N–H and O–H groups in total. The maximum Gasteiger partial charge on any atom is 0.0651 e. The van der Waals surface area contributed by atoms with Gasteiger partial charge in [-0.1, -0.05) is 24.3 Å². The third kappa shape index (κ3) is 2.87. The van der Waals surface area contributed by atoms with Crippen molar-refractivity contribution in [2.75, 3.05) is 12.3 Å². The third-order valence-electron chi connectivity index (χ3n) is 1.19. The summed E-state index contributed by atoms with van der Waals surface area (Å²) in [7, 11) is 0. The first-order valence-corrected chi connectivity index (χ1v) is 4.33. The zero-order valence-electron chi connectivity index (χ0n) is 6.08. The van der Waals surface area contributed by atoms with Crippen molar-refractivity contribution in [1.82, 2.24) is 0 Å². The van der Waals surface area contributed by atoms with Crippen molar-refractivity contribution in [2.24, 2.45) is 4.99 Å². The van der Waals surface area contributed by atoms with Crippen LogP contribution in [0.15, 0.2) is 29.3 Å². The summed E-state index contributed by atoms with van der Waals surface area (Å²) in [5.41, 5.74) is 0. The number of aliphatic imine (C=N–C) groups is 1. The summed E-state index contributed by atoms with van der Waals surface area (Å²) in [6, 6.07) is 0. The van der Waals surface area contributed by atoms with Gasteiger partial charge < -0.3 is 0 Å². The number of hydrogen-bond acceptors (Lipinski definition) is 2. The van der Waals surface area contributed by atoms with E-state index in [9.17, 15) is 0 Å². The van der Waals surface area contributed by atoms with Crippen LogP contribution >= 0.6 is 11.8 Å². The molecule has 0 aliphatic carbocycles. The van der Waals surface area contributed by atoms with Crippen molar-refractivity contribution >= 4 is 16.8 Å². The van der Waals surface area contributed by atoms with Crippen LogP contribution in [0.4, 0.5) is 0 Å². The standard InChI is InChI=1S/C8H11NS/c1-8-9-6-4-2-3-5-7-10-8/h2-5H,6-7H2,1H3/b4-2-,5-3-,9-8-. The summed E-state index contributed by atoms with van der Waals surface area (Å²) in [4.78, 5) is 4.30. The Balaban J connectivity index is 2.54. The lowest BCUT2D eigenvalue weighted by Crippen LogP contribution is -1.85. The van der Waals surface area contributed by atoms with Gasteiger partial charge in [0.25, 0.3) is 0 Å². The molecule has 0 radical (unpaired) electrons. The van der Waals surface area contributed by atoms with E-state index in [-0.39, 0.29) is 0 Å². The number of hydrogen-bond donors (Lipinski definition) is 0. The average Bonchev–Trinajstić information content (AvgIpc) is 2.02. The lowest BCUT2D eigenvalue weighted by Gasteiger charge is -1.93. The van der Waals surface area contributed by atoms with Crippen LogP contribution in [0, 0.1) is 0 Å². The molecule has 0 amide bonds. The molecule has 0 aromatic carbocycles. The molecule has 54 valence electrons. The van der Waals surface area contributed by atoms with Crippen LogP contribution in [-0.2, 0) is 0 Å². The van der Waals surface area contributed by atoms with Gasteiger partial charge in [-0.3, -0.25) is 4.99 Å². The molecular weight excluding hydrogens is 142 g/mol. The highest BCUT2D eigenvalue weighted by Crippen LogP contribution is 2.05. The normalized spacial score (nSPS) is 30.7. The number of rotatable bonds is 0. The minimum atomic E-state index is 0.823. The van der Waals surface area contributed by atoms with Crippen molar-refractivity contribution in [3.05, 3.63) is 24.3 Å². The molecule has 10 heavy (non-hydrogen) atoms. The van der Waals surface area contributed by atoms with Gasteiger partial charge in [-0.05, 0) is 6.92 Å². The fraction of sp³-hybridized carbons (Fsp3) is 0.375. The fourth-order valence-corrected chi connectivity index (χ4v) is 1.28. The maximum absolute atomic E-state index is 4.30. The van der Waals surface area contributed by atoms with Gasteiger partial charge in [0, 0.05) is 5.75 Å². The highest BCUT2D eigenvalue weighted by atomic mass is 32.2. The van der Waals surface area contributed by atoms with E-state index in [1.165, 1.54) is 5.04 Å². The SMILES string of the molecule is C/C1=N/C/C=C\C=C/CS1. The molecule has 1 rings (SSSR count). The van der Waals surface area contributed by atoms with E-state index in [1.807, 2.05) is 6.08 Å². The Kier molecular flexibility index (Phi) is 3.30. The number of allylic oxidation sites excluding steroid dienone is 2. The summed E-state index contributed by atoms with van der Waals surface area (Å²) < 4.78 is 0. The largest absolute Gasteiger partial charge is 0.279 e. The van der Waals surface area contributed by atoms with Gasteiger partial charge in [-0.15, -0.1) is 11.8 Å². The van der Waals surface area contributed by atoms with E-state index in [0.717, 1.165) is 12.3 Å². The predicted molar refractivity (Wildman–Crippen MR) is 48.7 cm³/mol. The predicted octanol–water partition coefficient (Wildman–Crippen LogP) is 2.26. The number of nitrogens with zero attached hydrogens (tertiary/aromatic N) is 1. The van der Waals surface area contributed by atoms with Gasteiger partial charge in [-0.2, -0.15) is 0 Å². The second-order valence-electron chi connectivity index (χ2n) is 2.03. The van der Waals surface area contributed by atoms with Crippen molar-refractivity contribution in [3.63, 3.8) is 0 Å². The third-order valence-corrected chi connectivity index (χ3v) is 2.10. The minimum Gasteiger partial charge on any atom is -0.279 e. The topological polar surface area (TPSA) is 12.4 Å². The van der Waals surface area contributed by atoms with Crippen LogP contribution in [0.2, 0.25) is 0 Å². The van der Waals surface area contributed by atoms with Crippen LogP contribution in [0.1, 0.15) is 6.92 Å². The molecule has 0 spiro atoms. The average molecular weight is 153 g/mol. The molecule has 0 saturated heterocycles. The Morgan fingerprint density at radius 3 is 3.10 bits per heavy atom. The van der Waals surface area contributed by atoms with E-state index in [4.69, 9.17) is 0 Å². The highest BCUT2D eigenvalue weighted by molar-refractivity contribution is 8.14. The Morgan fingerprint density at radius 2 is 2.20 bits per heavy atom. The van der Waals surface area contributed by atoms with E-state index < -0.39 is 0 Å². The molecule has 0 aromatic rings. The number of thioether (sulfide) groups is 1. The molecule has 0 atom stereocenters. The summed E-state index contributed by atoms with van der Waals surface area (Å²) in [5.74, 6) is 1.04. The first kappa shape index (κ1) is 7.61. The Hall–Kier alpha value is -0.500. The smallest absolute Gasteiger partial charge is 0.0651 e. The lowest BCUT2D eigenvalue weighted by atomic mass is 10.4. The molecule has 0 unspecified atom stereocenters. The maximum atomic E-state index is 4.30. The molecule has 0 fully saturated rings. The Morgan fingerprint density at radius 1 is 1.40 bits per heavy atom. The zero-order valence-corrected chi connectivity index (χ0v) is 6.90. The molecule has 2 heteroatoms. The van der Waals surface area contributed by atoms with Crippen molar-refractivity contribution in [2.45, 2.75) is 6.92 Å². The molecule has 0 saturated carbocycles. The molecule has 1 heterocycles. The molecule has 1 aliphatic heterocycles. The second kappa shape index (κ2) is 4.34. The van der Waals surface area contributed by atoms with Crippen molar-refractivity contribution < 1.29 is 0 Å². The summed E-state index contributed by atoms with van der Waals surface area (Å²) >= 11 is 1.79. The lowest BCUT2D eigenvalue weighted by molar-refractivity contribution is 1.25. The van der Waals surface area contributed by atoms with E-state index in [2.05, 4.69) is 30.1 Å². The van der Waals surface area contributed by atoms with Crippen LogP contribution in [0.25, 0.3) is 0 Å². The van der Waals surface area contributed by atoms with Crippen LogP contribution < -0.4 is 0 Å². The van der Waals surface area contributed by atoms with E-state index >= 15 is 0 Å². The van der Waals surface area contributed by atoms with Gasteiger partial charge in [0.15, 0.2) is 0 Å². The van der Waals surface area contributed by atoms with Crippen LogP contribution in [0.3, 0.4) is 0 Å². The van der Waals surface area contributed by atoms with E-state index in [0.29, 0.717) is 0 Å². The molecule has 0 bridgehead atoms. The zero-order chi connectivity index (χ0) is 7.23. The Labute approximate surface area is 65.9 Å². The van der Waals surface area contributed by atoms with E-state index in [1.54, 1.807) is 11.8 Å². The minimum absolute atomic E-state index is 0.823. The molecular formula is C8H11NS. The fourth-order valence-electron chi connectivity index (χ4n) is 0.669. The van der Waals surface area contributed by atoms with Gasteiger partial charge in [0.1, 0.15) is 0 Å². The molecule has 1 nitrogen and oxygen atoms in total. The Bertz CT molecular complexity index is 180. The first-order chi connectivity index (χ1) is 4.89. The first-order valence-electron chi connectivity index (χ1n) is 3.35. The monoisotopic (exact) mass is 153 g/mol. The van der Waals surface area contributed by atoms with Gasteiger partial charge in [0.2, 0.25) is 0 Å².